The number of hydrogen-bond donors (Lipinski definition) is 0. The average Bonchev–Trinajstić information content (AvgIpc) is 2.55. The minimum Gasteiger partial charge on any atom is -0.457 e. The fourth-order valence-corrected chi connectivity index (χ4v) is 2.19. The molecular weight excluding hydrogens is 260 g/mol. The number of benzene rings is 3. The van der Waals surface area contributed by atoms with E-state index in [0.717, 1.165) is 16.5 Å². The largest absolute Gasteiger partial charge is 0.457 e. The summed E-state index contributed by atoms with van der Waals surface area (Å²) in [4.78, 5) is 0. The van der Waals surface area contributed by atoms with Crippen molar-refractivity contribution < 1.29 is 4.74 Å². The van der Waals surface area contributed by atoms with Gasteiger partial charge in [0, 0.05) is 5.39 Å². The summed E-state index contributed by atoms with van der Waals surface area (Å²) in [5, 5.41) is 20.1. The smallest absolute Gasteiger partial charge is 0.135 e. The first kappa shape index (κ1) is 12.7. The van der Waals surface area contributed by atoms with Crippen LogP contribution in [0.3, 0.4) is 0 Å². The van der Waals surface area contributed by atoms with Crippen LogP contribution in [0.2, 0.25) is 0 Å². The second-order valence-corrected chi connectivity index (χ2v) is 4.51. The molecule has 0 saturated heterocycles. The maximum atomic E-state index is 9.06. The highest BCUT2D eigenvalue weighted by Crippen LogP contribution is 2.30. The molecule has 0 N–H and O–H groups in total. The van der Waals surface area contributed by atoms with E-state index in [1.807, 2.05) is 54.6 Å². The van der Waals surface area contributed by atoms with Gasteiger partial charge in [-0.3, -0.25) is 0 Å². The van der Waals surface area contributed by atoms with Gasteiger partial charge in [0.05, 0.1) is 11.1 Å². The molecular formula is C18H10N2O. The summed E-state index contributed by atoms with van der Waals surface area (Å²) in [6.07, 6.45) is 0. The highest BCUT2D eigenvalue weighted by molar-refractivity contribution is 5.88. The second-order valence-electron chi connectivity index (χ2n) is 4.51. The van der Waals surface area contributed by atoms with Crippen LogP contribution >= 0.6 is 0 Å². The summed E-state index contributed by atoms with van der Waals surface area (Å²) in [5.74, 6) is 1.27. The summed E-state index contributed by atoms with van der Waals surface area (Å²) in [6.45, 7) is 0. The van der Waals surface area contributed by atoms with E-state index >= 15 is 0 Å². The van der Waals surface area contributed by atoms with Crippen LogP contribution in [-0.2, 0) is 0 Å². The van der Waals surface area contributed by atoms with Gasteiger partial charge in [0.2, 0.25) is 0 Å². The van der Waals surface area contributed by atoms with Crippen LogP contribution in [0.1, 0.15) is 11.1 Å². The molecule has 3 rings (SSSR count). The standard InChI is InChI=1S/C18H10N2O/c19-11-14-8-9-16(10-15(14)12-20)21-18-7-3-5-13-4-1-2-6-17(13)18/h1-10H. The Morgan fingerprint density at radius 2 is 1.52 bits per heavy atom. The number of ether oxygens (including phenoxy) is 1. The number of rotatable bonds is 2. The Bertz CT molecular complexity index is 896. The van der Waals surface area contributed by atoms with E-state index in [4.69, 9.17) is 15.3 Å². The third-order valence-corrected chi connectivity index (χ3v) is 3.21. The van der Waals surface area contributed by atoms with Crippen molar-refractivity contribution in [3.63, 3.8) is 0 Å². The van der Waals surface area contributed by atoms with Crippen LogP contribution in [0.5, 0.6) is 11.5 Å². The molecule has 0 aromatic heterocycles. The third-order valence-electron chi connectivity index (χ3n) is 3.21. The van der Waals surface area contributed by atoms with E-state index in [0.29, 0.717) is 16.9 Å². The summed E-state index contributed by atoms with van der Waals surface area (Å²) in [5.41, 5.74) is 0.665. The van der Waals surface area contributed by atoms with E-state index in [2.05, 4.69) is 0 Å². The molecule has 3 aromatic rings. The molecule has 0 unspecified atom stereocenters. The first-order valence-corrected chi connectivity index (χ1v) is 6.41. The minimum absolute atomic E-state index is 0.315. The van der Waals surface area contributed by atoms with Crippen LogP contribution in [0.15, 0.2) is 60.7 Å². The SMILES string of the molecule is N#Cc1ccc(Oc2cccc3ccccc23)cc1C#N. The molecule has 3 heteroatoms. The average molecular weight is 270 g/mol. The highest BCUT2D eigenvalue weighted by atomic mass is 16.5. The Hall–Kier alpha value is -3.30. The Labute approximate surface area is 122 Å². The van der Waals surface area contributed by atoms with Gasteiger partial charge in [0.1, 0.15) is 23.6 Å². The molecule has 0 bridgehead atoms. The van der Waals surface area contributed by atoms with E-state index in [1.54, 1.807) is 18.2 Å². The van der Waals surface area contributed by atoms with E-state index in [-0.39, 0.29) is 0 Å². The van der Waals surface area contributed by atoms with Crippen LogP contribution in [-0.4, -0.2) is 0 Å². The predicted molar refractivity (Wildman–Crippen MR) is 79.9 cm³/mol. The second kappa shape index (κ2) is 5.36. The molecule has 0 saturated carbocycles. The predicted octanol–water partition coefficient (Wildman–Crippen LogP) is 4.38. The van der Waals surface area contributed by atoms with E-state index < -0.39 is 0 Å². The van der Waals surface area contributed by atoms with Crippen LogP contribution in [0, 0.1) is 22.7 Å². The highest BCUT2D eigenvalue weighted by Gasteiger charge is 2.06. The van der Waals surface area contributed by atoms with Crippen LogP contribution in [0.25, 0.3) is 10.8 Å². The van der Waals surface area contributed by atoms with Gasteiger partial charge in [0.25, 0.3) is 0 Å². The first-order chi connectivity index (χ1) is 10.3. The van der Waals surface area contributed by atoms with E-state index in [1.165, 1.54) is 0 Å². The molecule has 0 fully saturated rings. The zero-order chi connectivity index (χ0) is 14.7. The maximum Gasteiger partial charge on any atom is 0.135 e. The van der Waals surface area contributed by atoms with Crippen molar-refractivity contribution in [3.8, 4) is 23.6 Å². The Balaban J connectivity index is 2.04. The Kier molecular flexibility index (Phi) is 3.25. The topological polar surface area (TPSA) is 56.8 Å². The number of hydrogen-bond acceptors (Lipinski definition) is 3. The Morgan fingerprint density at radius 1 is 0.762 bits per heavy atom. The van der Waals surface area contributed by atoms with Crippen molar-refractivity contribution in [2.45, 2.75) is 0 Å². The lowest BCUT2D eigenvalue weighted by molar-refractivity contribution is 0.488. The van der Waals surface area contributed by atoms with Crippen molar-refractivity contribution in [2.24, 2.45) is 0 Å². The summed E-state index contributed by atoms with van der Waals surface area (Å²) >= 11 is 0. The summed E-state index contributed by atoms with van der Waals surface area (Å²) in [6, 6.07) is 22.6. The van der Waals surface area contributed by atoms with Crippen molar-refractivity contribution >= 4 is 10.8 Å². The molecule has 0 heterocycles. The maximum absolute atomic E-state index is 9.06. The third kappa shape index (κ3) is 2.41. The van der Waals surface area contributed by atoms with Gasteiger partial charge in [0.15, 0.2) is 0 Å². The van der Waals surface area contributed by atoms with Crippen molar-refractivity contribution in [3.05, 3.63) is 71.8 Å². The number of fused-ring (bicyclic) bond motifs is 1. The fraction of sp³-hybridized carbons (Fsp3) is 0. The minimum atomic E-state index is 0.315. The quantitative estimate of drug-likeness (QED) is 0.694. The molecule has 0 aliphatic heterocycles. The first-order valence-electron chi connectivity index (χ1n) is 6.41. The lowest BCUT2D eigenvalue weighted by atomic mass is 10.1. The van der Waals surface area contributed by atoms with Crippen LogP contribution in [0.4, 0.5) is 0 Å². The zero-order valence-corrected chi connectivity index (χ0v) is 11.1. The fourth-order valence-electron chi connectivity index (χ4n) is 2.19. The van der Waals surface area contributed by atoms with Gasteiger partial charge in [-0.2, -0.15) is 10.5 Å². The van der Waals surface area contributed by atoms with Crippen molar-refractivity contribution in [1.82, 2.24) is 0 Å². The summed E-state index contributed by atoms with van der Waals surface area (Å²) < 4.78 is 5.87. The molecule has 0 spiro atoms. The van der Waals surface area contributed by atoms with Crippen molar-refractivity contribution in [1.29, 1.82) is 10.5 Å². The Morgan fingerprint density at radius 3 is 2.33 bits per heavy atom. The molecule has 3 nitrogen and oxygen atoms in total. The van der Waals surface area contributed by atoms with Gasteiger partial charge < -0.3 is 4.74 Å². The normalized spacial score (nSPS) is 9.81. The molecule has 3 aromatic carbocycles. The van der Waals surface area contributed by atoms with E-state index in [9.17, 15) is 0 Å². The van der Waals surface area contributed by atoms with Gasteiger partial charge in [-0.1, -0.05) is 36.4 Å². The van der Waals surface area contributed by atoms with Gasteiger partial charge in [-0.15, -0.1) is 0 Å². The number of nitriles is 2. The lowest BCUT2D eigenvalue weighted by Gasteiger charge is -2.09. The molecule has 0 aliphatic carbocycles. The van der Waals surface area contributed by atoms with Gasteiger partial charge in [-0.25, -0.2) is 0 Å². The molecule has 0 radical (unpaired) electrons. The molecule has 21 heavy (non-hydrogen) atoms. The zero-order valence-electron chi connectivity index (χ0n) is 11.1. The van der Waals surface area contributed by atoms with Crippen molar-refractivity contribution in [2.75, 3.05) is 0 Å². The number of nitrogens with zero attached hydrogens (tertiary/aromatic N) is 2. The van der Waals surface area contributed by atoms with Gasteiger partial charge in [-0.05, 0) is 29.7 Å². The summed E-state index contributed by atoms with van der Waals surface area (Å²) in [7, 11) is 0. The molecule has 0 atom stereocenters. The van der Waals surface area contributed by atoms with Crippen LogP contribution < -0.4 is 4.74 Å². The lowest BCUT2D eigenvalue weighted by Crippen LogP contribution is -1.89. The van der Waals surface area contributed by atoms with Gasteiger partial charge >= 0.3 is 0 Å². The monoisotopic (exact) mass is 270 g/mol. The molecule has 98 valence electrons. The molecule has 0 amide bonds. The molecule has 0 aliphatic rings.